The largest absolute Gasteiger partial charge is 0.490 e. The third-order valence-corrected chi connectivity index (χ3v) is 3.16. The molecule has 1 N–H and O–H groups in total. The van der Waals surface area contributed by atoms with Crippen molar-refractivity contribution in [2.24, 2.45) is 0 Å². The van der Waals surface area contributed by atoms with Crippen molar-refractivity contribution >= 4 is 18.0 Å². The summed E-state index contributed by atoms with van der Waals surface area (Å²) in [4.78, 5) is 23.0. The van der Waals surface area contributed by atoms with E-state index in [1.807, 2.05) is 6.07 Å². The Morgan fingerprint density at radius 1 is 1.25 bits per heavy atom. The number of methoxy groups -OCH3 is 1. The van der Waals surface area contributed by atoms with Gasteiger partial charge in [0.15, 0.2) is 18.1 Å². The minimum Gasteiger partial charge on any atom is -0.490 e. The van der Waals surface area contributed by atoms with Crippen molar-refractivity contribution in [1.82, 2.24) is 5.32 Å². The van der Waals surface area contributed by atoms with Gasteiger partial charge in [-0.15, -0.1) is 0 Å². The summed E-state index contributed by atoms with van der Waals surface area (Å²) in [6, 6.07) is 5.41. The van der Waals surface area contributed by atoms with Gasteiger partial charge in [0.2, 0.25) is 0 Å². The van der Waals surface area contributed by atoms with Crippen LogP contribution >= 0.6 is 0 Å². The van der Waals surface area contributed by atoms with Crippen LogP contribution in [0.25, 0.3) is 6.08 Å². The predicted molar refractivity (Wildman–Crippen MR) is 86.9 cm³/mol. The Labute approximate surface area is 140 Å². The Bertz CT molecular complexity index is 599. The first kappa shape index (κ1) is 17.8. The van der Waals surface area contributed by atoms with Gasteiger partial charge in [0, 0.05) is 26.2 Å². The molecule has 0 saturated heterocycles. The molecular formula is C17H21NO6. The van der Waals surface area contributed by atoms with Gasteiger partial charge in [0.05, 0.1) is 19.8 Å². The quantitative estimate of drug-likeness (QED) is 0.457. The Balaban J connectivity index is 1.81. The molecule has 24 heavy (non-hydrogen) atoms. The van der Waals surface area contributed by atoms with Crippen LogP contribution in [0.4, 0.5) is 0 Å². The van der Waals surface area contributed by atoms with Crippen LogP contribution in [-0.4, -0.2) is 52.0 Å². The molecule has 7 heteroatoms. The highest BCUT2D eigenvalue weighted by atomic mass is 16.5. The molecule has 0 aromatic heterocycles. The average molecular weight is 335 g/mol. The second-order valence-electron chi connectivity index (χ2n) is 5.04. The van der Waals surface area contributed by atoms with Gasteiger partial charge in [-0.3, -0.25) is 4.79 Å². The van der Waals surface area contributed by atoms with Crippen LogP contribution < -0.4 is 14.8 Å². The van der Waals surface area contributed by atoms with Crippen LogP contribution in [0.3, 0.4) is 0 Å². The summed E-state index contributed by atoms with van der Waals surface area (Å²) in [6.45, 7) is 1.68. The molecule has 1 heterocycles. The zero-order valence-electron chi connectivity index (χ0n) is 13.6. The van der Waals surface area contributed by atoms with Gasteiger partial charge in [-0.2, -0.15) is 0 Å². The van der Waals surface area contributed by atoms with Crippen LogP contribution in [0, 0.1) is 0 Å². The lowest BCUT2D eigenvalue weighted by atomic mass is 10.2. The number of ether oxygens (including phenoxy) is 4. The fourth-order valence-corrected chi connectivity index (χ4v) is 1.98. The van der Waals surface area contributed by atoms with Crippen molar-refractivity contribution in [3.05, 3.63) is 29.8 Å². The number of hydrogen-bond acceptors (Lipinski definition) is 6. The van der Waals surface area contributed by atoms with Crippen molar-refractivity contribution in [3.63, 3.8) is 0 Å². The van der Waals surface area contributed by atoms with E-state index in [4.69, 9.17) is 18.9 Å². The number of esters is 1. The number of nitrogens with one attached hydrogen (secondary N) is 1. The molecule has 1 aromatic rings. The molecule has 1 aliphatic heterocycles. The molecule has 1 amide bonds. The van der Waals surface area contributed by atoms with E-state index in [0.29, 0.717) is 37.9 Å². The molecule has 0 aliphatic carbocycles. The Kier molecular flexibility index (Phi) is 7.10. The average Bonchev–Trinajstić information content (AvgIpc) is 2.83. The first-order valence-corrected chi connectivity index (χ1v) is 7.69. The Hall–Kier alpha value is -2.54. The number of benzene rings is 1. The summed E-state index contributed by atoms with van der Waals surface area (Å²) < 4.78 is 20.8. The van der Waals surface area contributed by atoms with E-state index in [0.717, 1.165) is 12.0 Å². The fraction of sp³-hybridized carbons (Fsp3) is 0.412. The van der Waals surface area contributed by atoms with Crippen molar-refractivity contribution < 1.29 is 28.5 Å². The van der Waals surface area contributed by atoms with Gasteiger partial charge >= 0.3 is 5.97 Å². The summed E-state index contributed by atoms with van der Waals surface area (Å²) in [5.41, 5.74) is 0.778. The SMILES string of the molecule is COCCNC(=O)COC(=O)/C=C/c1ccc2c(c1)OCCCO2. The van der Waals surface area contributed by atoms with E-state index in [1.165, 1.54) is 13.2 Å². The van der Waals surface area contributed by atoms with Gasteiger partial charge in [-0.25, -0.2) is 4.79 Å². The summed E-state index contributed by atoms with van der Waals surface area (Å²) in [5.74, 6) is 0.383. The minimum absolute atomic E-state index is 0.325. The van der Waals surface area contributed by atoms with Gasteiger partial charge in [0.1, 0.15) is 0 Å². The van der Waals surface area contributed by atoms with Crippen LogP contribution in [0.5, 0.6) is 11.5 Å². The van der Waals surface area contributed by atoms with Crippen molar-refractivity contribution in [2.45, 2.75) is 6.42 Å². The number of hydrogen-bond donors (Lipinski definition) is 1. The standard InChI is InChI=1S/C17H21NO6/c1-21-10-7-18-16(19)12-24-17(20)6-4-13-3-5-14-15(11-13)23-9-2-8-22-14/h3-6,11H,2,7-10,12H2,1H3,(H,18,19)/b6-4+. The van der Waals surface area contributed by atoms with Gasteiger partial charge in [0.25, 0.3) is 5.91 Å². The lowest BCUT2D eigenvalue weighted by molar-refractivity contribution is -0.143. The maximum absolute atomic E-state index is 11.6. The number of amides is 1. The molecule has 0 spiro atoms. The summed E-state index contributed by atoms with van der Waals surface area (Å²) >= 11 is 0. The fourth-order valence-electron chi connectivity index (χ4n) is 1.98. The van der Waals surface area contributed by atoms with E-state index in [2.05, 4.69) is 5.32 Å². The first-order valence-electron chi connectivity index (χ1n) is 7.69. The maximum Gasteiger partial charge on any atom is 0.331 e. The number of fused-ring (bicyclic) bond motifs is 1. The topological polar surface area (TPSA) is 83.1 Å². The van der Waals surface area contributed by atoms with E-state index >= 15 is 0 Å². The lowest BCUT2D eigenvalue weighted by Gasteiger charge is -2.07. The molecule has 7 nitrogen and oxygen atoms in total. The second kappa shape index (κ2) is 9.57. The zero-order chi connectivity index (χ0) is 17.2. The number of carbonyl (C=O) groups is 2. The first-order chi connectivity index (χ1) is 11.7. The molecule has 0 bridgehead atoms. The Morgan fingerprint density at radius 3 is 2.83 bits per heavy atom. The zero-order valence-corrected chi connectivity index (χ0v) is 13.6. The smallest absolute Gasteiger partial charge is 0.331 e. The summed E-state index contributed by atoms with van der Waals surface area (Å²) in [6.07, 6.45) is 3.69. The van der Waals surface area contributed by atoms with Crippen LogP contribution in [0.2, 0.25) is 0 Å². The van der Waals surface area contributed by atoms with Crippen LogP contribution in [0.15, 0.2) is 24.3 Å². The van der Waals surface area contributed by atoms with Crippen molar-refractivity contribution in [3.8, 4) is 11.5 Å². The van der Waals surface area contributed by atoms with Crippen molar-refractivity contribution in [2.75, 3.05) is 40.1 Å². The summed E-state index contributed by atoms with van der Waals surface area (Å²) in [7, 11) is 1.54. The highest BCUT2D eigenvalue weighted by Crippen LogP contribution is 2.30. The molecular weight excluding hydrogens is 314 g/mol. The number of rotatable bonds is 7. The predicted octanol–water partition coefficient (Wildman–Crippen LogP) is 1.17. The molecule has 130 valence electrons. The molecule has 0 atom stereocenters. The van der Waals surface area contributed by atoms with Crippen molar-refractivity contribution in [1.29, 1.82) is 0 Å². The highest BCUT2D eigenvalue weighted by Gasteiger charge is 2.10. The maximum atomic E-state index is 11.6. The van der Waals surface area contributed by atoms with Gasteiger partial charge < -0.3 is 24.3 Å². The molecule has 1 aliphatic rings. The second-order valence-corrected chi connectivity index (χ2v) is 5.04. The number of carbonyl (C=O) groups excluding carboxylic acids is 2. The third-order valence-electron chi connectivity index (χ3n) is 3.16. The van der Waals surface area contributed by atoms with E-state index in [9.17, 15) is 9.59 Å². The van der Waals surface area contributed by atoms with Gasteiger partial charge in [-0.05, 0) is 23.8 Å². The molecule has 0 fully saturated rings. The normalized spacial score (nSPS) is 13.4. The third kappa shape index (κ3) is 5.92. The van der Waals surface area contributed by atoms with E-state index in [-0.39, 0.29) is 12.5 Å². The van der Waals surface area contributed by atoms with E-state index < -0.39 is 5.97 Å². The minimum atomic E-state index is -0.594. The van der Waals surface area contributed by atoms with E-state index in [1.54, 1.807) is 18.2 Å². The molecule has 2 rings (SSSR count). The molecule has 0 saturated carbocycles. The van der Waals surface area contributed by atoms with Crippen LogP contribution in [-0.2, 0) is 19.1 Å². The molecule has 0 unspecified atom stereocenters. The Morgan fingerprint density at radius 2 is 2.04 bits per heavy atom. The molecule has 0 radical (unpaired) electrons. The van der Waals surface area contributed by atoms with Crippen LogP contribution in [0.1, 0.15) is 12.0 Å². The highest BCUT2D eigenvalue weighted by molar-refractivity contribution is 5.89. The van der Waals surface area contributed by atoms with Gasteiger partial charge in [-0.1, -0.05) is 6.07 Å². The summed E-state index contributed by atoms with van der Waals surface area (Å²) in [5, 5.41) is 2.56. The monoisotopic (exact) mass is 335 g/mol. The lowest BCUT2D eigenvalue weighted by Crippen LogP contribution is -2.31. The molecule has 1 aromatic carbocycles.